The van der Waals surface area contributed by atoms with E-state index in [1.165, 1.54) is 15.4 Å². The number of phosphoric acid groups is 2. The van der Waals surface area contributed by atoms with Gasteiger partial charge >= 0.3 is 15.6 Å². The van der Waals surface area contributed by atoms with Gasteiger partial charge in [0.2, 0.25) is 10.0 Å². The van der Waals surface area contributed by atoms with Crippen molar-refractivity contribution in [3.63, 3.8) is 0 Å². The van der Waals surface area contributed by atoms with E-state index in [2.05, 4.69) is 21.2 Å². The number of hydrogen-bond donors (Lipinski definition) is 4. The maximum absolute atomic E-state index is 14.2. The van der Waals surface area contributed by atoms with E-state index in [1.807, 2.05) is 26.0 Å². The van der Waals surface area contributed by atoms with E-state index in [4.69, 9.17) is 0 Å². The standard InChI is InChI=1S/C27H38N2O12P2S/c1-25(2)18-8-10-27(25,16-44(38,39)28-13-11-26(12-14-28)9-7-17-5-3-4-6-19(17)26)20(15-18)29-23(30)21(40-42(32,33)34)22(24(29)31)41-43(35,36)37/h3-6,18,20-22H,7-16H2,1-2H3,(H2,32,33,34)(H2,35,36,37). The average Bonchev–Trinajstić information content (AvgIpc) is 3.52. The lowest BCUT2D eigenvalue weighted by molar-refractivity contribution is -0.147. The second kappa shape index (κ2) is 10.5. The summed E-state index contributed by atoms with van der Waals surface area (Å²) in [5, 5.41) is 0. The van der Waals surface area contributed by atoms with E-state index in [-0.39, 0.29) is 23.5 Å². The highest BCUT2D eigenvalue weighted by molar-refractivity contribution is 7.89. The molecule has 4 fully saturated rings. The zero-order chi connectivity index (χ0) is 32.1. The largest absolute Gasteiger partial charge is 0.470 e. The predicted molar refractivity (Wildman–Crippen MR) is 154 cm³/mol. The third kappa shape index (κ3) is 5.17. The fourth-order valence-electron chi connectivity index (χ4n) is 9.07. The molecule has 2 heterocycles. The molecule has 1 spiro atoms. The number of piperidine rings is 1. The molecule has 3 aliphatic carbocycles. The van der Waals surface area contributed by atoms with Crippen molar-refractivity contribution in [2.24, 2.45) is 16.7 Å². The number of imide groups is 1. The molecule has 5 unspecified atom stereocenters. The molecule has 0 aromatic heterocycles. The van der Waals surface area contributed by atoms with Gasteiger partial charge in [-0.25, -0.2) is 21.9 Å². The lowest BCUT2D eigenvalue weighted by Crippen LogP contribution is -2.56. The van der Waals surface area contributed by atoms with Crippen LogP contribution >= 0.6 is 15.6 Å². The van der Waals surface area contributed by atoms with Crippen molar-refractivity contribution in [1.29, 1.82) is 0 Å². The maximum atomic E-state index is 14.2. The Hall–Kier alpha value is -1.51. The predicted octanol–water partition coefficient (Wildman–Crippen LogP) is 1.82. The molecule has 2 saturated heterocycles. The van der Waals surface area contributed by atoms with E-state index in [1.54, 1.807) is 0 Å². The van der Waals surface area contributed by atoms with Gasteiger partial charge in [-0.05, 0) is 72.8 Å². The summed E-state index contributed by atoms with van der Waals surface area (Å²) in [5.74, 6) is -2.91. The van der Waals surface area contributed by atoms with Crippen LogP contribution in [-0.2, 0) is 49.6 Å². The van der Waals surface area contributed by atoms with Crippen LogP contribution in [0.3, 0.4) is 0 Å². The van der Waals surface area contributed by atoms with Crippen LogP contribution in [0.5, 0.6) is 0 Å². The molecule has 5 atom stereocenters. The summed E-state index contributed by atoms with van der Waals surface area (Å²) in [7, 11) is -14.7. The van der Waals surface area contributed by atoms with Gasteiger partial charge in [0.25, 0.3) is 11.8 Å². The summed E-state index contributed by atoms with van der Waals surface area (Å²) in [4.78, 5) is 65.4. The second-order valence-corrected chi connectivity index (χ2v) is 17.9. The highest BCUT2D eigenvalue weighted by atomic mass is 32.2. The summed E-state index contributed by atoms with van der Waals surface area (Å²) in [6, 6.07) is 7.27. The smallest absolute Gasteiger partial charge is 0.303 e. The van der Waals surface area contributed by atoms with Crippen molar-refractivity contribution >= 4 is 37.5 Å². The van der Waals surface area contributed by atoms with Gasteiger partial charge in [-0.2, -0.15) is 0 Å². The molecule has 2 amide bonds. The van der Waals surface area contributed by atoms with Crippen LogP contribution in [0.15, 0.2) is 24.3 Å². The van der Waals surface area contributed by atoms with Crippen LogP contribution in [0.2, 0.25) is 0 Å². The molecule has 0 radical (unpaired) electrons. The number of hydrogen-bond acceptors (Lipinski definition) is 8. The van der Waals surface area contributed by atoms with E-state index >= 15 is 0 Å². The molecule has 1 aromatic carbocycles. The van der Waals surface area contributed by atoms with Crippen LogP contribution in [0.4, 0.5) is 0 Å². The van der Waals surface area contributed by atoms with Crippen molar-refractivity contribution < 1.29 is 55.8 Å². The number of sulfonamides is 1. The summed E-state index contributed by atoms with van der Waals surface area (Å²) < 4.78 is 62.2. The van der Waals surface area contributed by atoms with Crippen LogP contribution in [0, 0.1) is 16.7 Å². The Bertz CT molecular complexity index is 1540. The Morgan fingerprint density at radius 3 is 2.02 bits per heavy atom. The Kier molecular flexibility index (Phi) is 7.74. The third-order valence-corrected chi connectivity index (χ3v) is 14.4. The van der Waals surface area contributed by atoms with E-state index in [9.17, 15) is 46.7 Å². The van der Waals surface area contributed by atoms with E-state index < -0.39 is 66.6 Å². The number of likely N-dealkylation sites (tertiary alicyclic amines) is 1. The van der Waals surface area contributed by atoms with Crippen LogP contribution in [0.25, 0.3) is 0 Å². The fourth-order valence-corrected chi connectivity index (χ4v) is 12.3. The van der Waals surface area contributed by atoms with Crippen molar-refractivity contribution in [2.45, 2.75) is 82.5 Å². The molecule has 244 valence electrons. The zero-order valence-corrected chi connectivity index (χ0v) is 27.0. The van der Waals surface area contributed by atoms with Gasteiger partial charge in [0, 0.05) is 24.5 Å². The molecule has 5 aliphatic rings. The molecule has 6 rings (SSSR count). The Morgan fingerprint density at radius 1 is 0.909 bits per heavy atom. The van der Waals surface area contributed by atoms with Gasteiger partial charge < -0.3 is 19.6 Å². The number of nitrogens with zero attached hydrogens (tertiary/aromatic N) is 2. The highest BCUT2D eigenvalue weighted by Gasteiger charge is 2.70. The third-order valence-electron chi connectivity index (χ3n) is 11.4. The van der Waals surface area contributed by atoms with Crippen LogP contribution < -0.4 is 0 Å². The lowest BCUT2D eigenvalue weighted by Gasteiger charge is -2.46. The summed E-state index contributed by atoms with van der Waals surface area (Å²) in [5.41, 5.74) is 0.744. The Morgan fingerprint density at radius 2 is 1.48 bits per heavy atom. The minimum Gasteiger partial charge on any atom is -0.303 e. The molecule has 4 N–H and O–H groups in total. The Labute approximate surface area is 255 Å². The number of rotatable bonds is 8. The molecule has 44 heavy (non-hydrogen) atoms. The van der Waals surface area contributed by atoms with Crippen molar-refractivity contribution in [2.75, 3.05) is 18.8 Å². The number of benzene rings is 1. The quantitative estimate of drug-likeness (QED) is 0.230. The van der Waals surface area contributed by atoms with E-state index in [0.717, 1.165) is 12.8 Å². The minimum atomic E-state index is -5.42. The first-order valence-electron chi connectivity index (χ1n) is 14.7. The molecular formula is C27H38N2O12P2S. The lowest BCUT2D eigenvalue weighted by atomic mass is 9.68. The number of carbonyl (C=O) groups is 2. The van der Waals surface area contributed by atoms with Crippen molar-refractivity contribution in [1.82, 2.24) is 9.21 Å². The molecular weight excluding hydrogens is 638 g/mol. The van der Waals surface area contributed by atoms with Crippen LogP contribution in [-0.4, -0.2) is 86.1 Å². The number of aryl methyl sites for hydroxylation is 1. The van der Waals surface area contributed by atoms with Gasteiger partial charge in [0.05, 0.1) is 5.75 Å². The SMILES string of the molecule is CC1(C)C2CCC1(CS(=O)(=O)N1CCC3(CCc4ccccc43)CC1)C(N1C(=O)C(OP(=O)(O)O)C(OP(=O)(O)O)C1=O)C2. The number of amides is 2. The zero-order valence-electron chi connectivity index (χ0n) is 24.4. The summed E-state index contributed by atoms with van der Waals surface area (Å²) >= 11 is 0. The minimum absolute atomic E-state index is 0.0649. The van der Waals surface area contributed by atoms with Gasteiger partial charge in [0.15, 0.2) is 12.2 Å². The first-order valence-corrected chi connectivity index (χ1v) is 19.4. The molecule has 2 aliphatic heterocycles. The van der Waals surface area contributed by atoms with Gasteiger partial charge in [-0.3, -0.25) is 23.5 Å². The molecule has 1 aromatic rings. The summed E-state index contributed by atoms with van der Waals surface area (Å²) in [6.07, 6.45) is -0.111. The second-order valence-electron chi connectivity index (χ2n) is 13.5. The molecule has 14 nitrogen and oxygen atoms in total. The van der Waals surface area contributed by atoms with Gasteiger partial charge in [-0.15, -0.1) is 0 Å². The first-order chi connectivity index (χ1) is 20.3. The first kappa shape index (κ1) is 32.4. The average molecular weight is 677 g/mol. The fraction of sp³-hybridized carbons (Fsp3) is 0.704. The molecule has 2 saturated carbocycles. The van der Waals surface area contributed by atoms with E-state index in [0.29, 0.717) is 43.7 Å². The normalized spacial score (nSPS) is 33.5. The number of phosphoric ester groups is 2. The van der Waals surface area contributed by atoms with Gasteiger partial charge in [0.1, 0.15) is 0 Å². The monoisotopic (exact) mass is 676 g/mol. The number of carbonyl (C=O) groups excluding carboxylic acids is 2. The highest BCUT2D eigenvalue weighted by Crippen LogP contribution is 2.68. The summed E-state index contributed by atoms with van der Waals surface area (Å²) in [6.45, 7) is 4.47. The van der Waals surface area contributed by atoms with Crippen molar-refractivity contribution in [3.8, 4) is 0 Å². The van der Waals surface area contributed by atoms with Gasteiger partial charge in [-0.1, -0.05) is 38.1 Å². The topological polar surface area (TPSA) is 208 Å². The van der Waals surface area contributed by atoms with Crippen LogP contribution in [0.1, 0.15) is 63.5 Å². The Balaban J connectivity index is 1.28. The molecule has 17 heteroatoms. The molecule has 2 bridgehead atoms. The van der Waals surface area contributed by atoms with Crippen molar-refractivity contribution in [3.05, 3.63) is 35.4 Å². The maximum Gasteiger partial charge on any atom is 0.470 e. The number of fused-ring (bicyclic) bond motifs is 4.